The van der Waals surface area contributed by atoms with Crippen LogP contribution in [0.3, 0.4) is 0 Å². The number of halogens is 1. The van der Waals surface area contributed by atoms with Gasteiger partial charge in [0, 0.05) is 5.02 Å². The van der Waals surface area contributed by atoms with Gasteiger partial charge < -0.3 is 9.47 Å². The number of methoxy groups -OCH3 is 1. The Hall–Kier alpha value is -0.730. The Kier molecular flexibility index (Phi) is 3.41. The standard InChI is InChI=1S/C13H17ClO2/c1-8(13-9(2)16-13)6-10-7-11(14)4-5-12(10)15-3/h4-5,7-9,13H,6H2,1-3H3. The summed E-state index contributed by atoms with van der Waals surface area (Å²) in [5.41, 5.74) is 1.16. The average molecular weight is 241 g/mol. The minimum Gasteiger partial charge on any atom is -0.496 e. The van der Waals surface area contributed by atoms with Crippen LogP contribution >= 0.6 is 11.6 Å². The third-order valence-electron chi connectivity index (χ3n) is 3.10. The van der Waals surface area contributed by atoms with Crippen LogP contribution < -0.4 is 4.74 Å². The average Bonchev–Trinajstić information content (AvgIpc) is 2.96. The molecule has 0 aliphatic carbocycles. The minimum absolute atomic E-state index is 0.392. The zero-order valence-electron chi connectivity index (χ0n) is 9.87. The summed E-state index contributed by atoms with van der Waals surface area (Å²) in [7, 11) is 1.69. The summed E-state index contributed by atoms with van der Waals surface area (Å²) >= 11 is 5.99. The summed E-state index contributed by atoms with van der Waals surface area (Å²) in [6.45, 7) is 4.31. The molecule has 1 heterocycles. The van der Waals surface area contributed by atoms with Gasteiger partial charge in [-0.3, -0.25) is 0 Å². The smallest absolute Gasteiger partial charge is 0.122 e. The van der Waals surface area contributed by atoms with Crippen LogP contribution in [0.1, 0.15) is 19.4 Å². The Morgan fingerprint density at radius 3 is 2.75 bits per heavy atom. The van der Waals surface area contributed by atoms with Gasteiger partial charge in [-0.25, -0.2) is 0 Å². The molecule has 1 aromatic rings. The highest BCUT2D eigenvalue weighted by molar-refractivity contribution is 6.30. The van der Waals surface area contributed by atoms with Crippen molar-refractivity contribution in [2.24, 2.45) is 5.92 Å². The molecule has 0 radical (unpaired) electrons. The molecule has 3 heteroatoms. The van der Waals surface area contributed by atoms with Gasteiger partial charge in [0.1, 0.15) is 5.75 Å². The van der Waals surface area contributed by atoms with E-state index in [2.05, 4.69) is 13.8 Å². The zero-order valence-corrected chi connectivity index (χ0v) is 10.6. The second-order valence-electron chi connectivity index (χ2n) is 4.44. The number of hydrogen-bond acceptors (Lipinski definition) is 2. The zero-order chi connectivity index (χ0) is 11.7. The lowest BCUT2D eigenvalue weighted by Gasteiger charge is -2.12. The highest BCUT2D eigenvalue weighted by atomic mass is 35.5. The van der Waals surface area contributed by atoms with Crippen molar-refractivity contribution in [1.82, 2.24) is 0 Å². The second kappa shape index (κ2) is 4.64. The molecule has 0 aromatic heterocycles. The maximum absolute atomic E-state index is 5.99. The molecule has 16 heavy (non-hydrogen) atoms. The number of epoxide rings is 1. The van der Waals surface area contributed by atoms with Gasteiger partial charge in [-0.15, -0.1) is 0 Å². The van der Waals surface area contributed by atoms with Crippen LogP contribution in [0.15, 0.2) is 18.2 Å². The molecule has 0 amide bonds. The van der Waals surface area contributed by atoms with E-state index in [0.717, 1.165) is 22.8 Å². The molecule has 2 rings (SSSR count). The maximum atomic E-state index is 5.99. The molecular formula is C13H17ClO2. The van der Waals surface area contributed by atoms with Crippen molar-refractivity contribution in [2.75, 3.05) is 7.11 Å². The van der Waals surface area contributed by atoms with E-state index in [0.29, 0.717) is 18.1 Å². The topological polar surface area (TPSA) is 21.8 Å². The predicted octanol–water partition coefficient (Wildman–Crippen LogP) is 3.31. The van der Waals surface area contributed by atoms with E-state index >= 15 is 0 Å². The van der Waals surface area contributed by atoms with Crippen LogP contribution in [0, 0.1) is 5.92 Å². The molecule has 0 saturated carbocycles. The Bertz CT molecular complexity index is 378. The van der Waals surface area contributed by atoms with Crippen molar-refractivity contribution in [3.8, 4) is 5.75 Å². The van der Waals surface area contributed by atoms with Gasteiger partial charge in [0.15, 0.2) is 0 Å². The largest absolute Gasteiger partial charge is 0.496 e. The normalized spacial score (nSPS) is 25.2. The predicted molar refractivity (Wildman–Crippen MR) is 65.2 cm³/mol. The minimum atomic E-state index is 0.392. The molecule has 3 atom stereocenters. The van der Waals surface area contributed by atoms with Gasteiger partial charge in [0.25, 0.3) is 0 Å². The Morgan fingerprint density at radius 1 is 1.50 bits per heavy atom. The van der Waals surface area contributed by atoms with Gasteiger partial charge in [-0.2, -0.15) is 0 Å². The van der Waals surface area contributed by atoms with E-state index in [1.165, 1.54) is 0 Å². The van der Waals surface area contributed by atoms with Crippen molar-refractivity contribution in [3.05, 3.63) is 28.8 Å². The highest BCUT2D eigenvalue weighted by Crippen LogP contribution is 2.33. The molecule has 0 bridgehead atoms. The summed E-state index contributed by atoms with van der Waals surface area (Å²) in [4.78, 5) is 0. The number of benzene rings is 1. The lowest BCUT2D eigenvalue weighted by Crippen LogP contribution is -2.09. The summed E-state index contributed by atoms with van der Waals surface area (Å²) in [6.07, 6.45) is 1.74. The Morgan fingerprint density at radius 2 is 2.19 bits per heavy atom. The Labute approximate surface area is 102 Å². The lowest BCUT2D eigenvalue weighted by molar-refractivity contribution is 0.325. The molecule has 0 spiro atoms. The third kappa shape index (κ3) is 2.50. The first-order chi connectivity index (χ1) is 7.61. The van der Waals surface area contributed by atoms with Gasteiger partial charge in [-0.05, 0) is 43.0 Å². The maximum Gasteiger partial charge on any atom is 0.122 e. The van der Waals surface area contributed by atoms with Crippen LogP contribution in [0.2, 0.25) is 5.02 Å². The molecule has 1 saturated heterocycles. The molecule has 2 nitrogen and oxygen atoms in total. The second-order valence-corrected chi connectivity index (χ2v) is 4.88. The van der Waals surface area contributed by atoms with E-state index in [9.17, 15) is 0 Å². The van der Waals surface area contributed by atoms with Gasteiger partial charge in [-0.1, -0.05) is 18.5 Å². The number of ether oxygens (including phenoxy) is 2. The summed E-state index contributed by atoms with van der Waals surface area (Å²) < 4.78 is 10.8. The van der Waals surface area contributed by atoms with Crippen LogP contribution in [0.25, 0.3) is 0 Å². The van der Waals surface area contributed by atoms with Crippen LogP contribution in [-0.4, -0.2) is 19.3 Å². The molecule has 0 N–H and O–H groups in total. The van der Waals surface area contributed by atoms with Gasteiger partial charge in [0.05, 0.1) is 19.3 Å². The van der Waals surface area contributed by atoms with Crippen LogP contribution in [-0.2, 0) is 11.2 Å². The first kappa shape index (κ1) is 11.7. The molecule has 1 fully saturated rings. The molecule has 1 aliphatic heterocycles. The molecule has 88 valence electrons. The van der Waals surface area contributed by atoms with E-state index in [4.69, 9.17) is 21.1 Å². The van der Waals surface area contributed by atoms with Crippen LogP contribution in [0.5, 0.6) is 5.75 Å². The Balaban J connectivity index is 2.10. The third-order valence-corrected chi connectivity index (χ3v) is 3.34. The van der Waals surface area contributed by atoms with Crippen molar-refractivity contribution in [3.63, 3.8) is 0 Å². The fourth-order valence-corrected chi connectivity index (χ4v) is 2.36. The molecule has 1 aliphatic rings. The SMILES string of the molecule is COc1ccc(Cl)cc1CC(C)C1OC1C. The lowest BCUT2D eigenvalue weighted by atomic mass is 9.96. The summed E-state index contributed by atoms with van der Waals surface area (Å²) in [6, 6.07) is 5.75. The molecule has 1 aromatic carbocycles. The highest BCUT2D eigenvalue weighted by Gasteiger charge is 2.38. The number of hydrogen-bond donors (Lipinski definition) is 0. The first-order valence-electron chi connectivity index (χ1n) is 5.59. The van der Waals surface area contributed by atoms with E-state index in [1.807, 2.05) is 18.2 Å². The molecule has 3 unspecified atom stereocenters. The van der Waals surface area contributed by atoms with E-state index in [1.54, 1.807) is 7.11 Å². The van der Waals surface area contributed by atoms with Crippen molar-refractivity contribution in [2.45, 2.75) is 32.5 Å². The van der Waals surface area contributed by atoms with Gasteiger partial charge in [0.2, 0.25) is 0 Å². The first-order valence-corrected chi connectivity index (χ1v) is 5.97. The monoisotopic (exact) mass is 240 g/mol. The number of rotatable bonds is 4. The van der Waals surface area contributed by atoms with Crippen molar-refractivity contribution >= 4 is 11.6 Å². The summed E-state index contributed by atoms with van der Waals surface area (Å²) in [5, 5.41) is 0.757. The fraction of sp³-hybridized carbons (Fsp3) is 0.538. The summed E-state index contributed by atoms with van der Waals surface area (Å²) in [5.74, 6) is 1.41. The van der Waals surface area contributed by atoms with Gasteiger partial charge >= 0.3 is 0 Å². The van der Waals surface area contributed by atoms with E-state index < -0.39 is 0 Å². The van der Waals surface area contributed by atoms with Crippen molar-refractivity contribution in [1.29, 1.82) is 0 Å². The fourth-order valence-electron chi connectivity index (χ4n) is 2.17. The molecular weight excluding hydrogens is 224 g/mol. The van der Waals surface area contributed by atoms with Crippen LogP contribution in [0.4, 0.5) is 0 Å². The van der Waals surface area contributed by atoms with E-state index in [-0.39, 0.29) is 0 Å². The van der Waals surface area contributed by atoms with Crippen molar-refractivity contribution < 1.29 is 9.47 Å². The quantitative estimate of drug-likeness (QED) is 0.754.